The lowest BCUT2D eigenvalue weighted by molar-refractivity contribution is 0.167. The smallest absolute Gasteiger partial charge is 0.118 e. The topological polar surface area (TPSA) is 44.5 Å². The molecule has 3 heteroatoms. The van der Waals surface area contributed by atoms with Crippen molar-refractivity contribution in [3.63, 3.8) is 0 Å². The van der Waals surface area contributed by atoms with Crippen molar-refractivity contribution >= 4 is 0 Å². The Morgan fingerprint density at radius 1 is 1.50 bits per heavy atom. The number of nitrogens with two attached hydrogens (primary N) is 1. The van der Waals surface area contributed by atoms with Gasteiger partial charge >= 0.3 is 0 Å². The minimum absolute atomic E-state index is 0.385. The molecule has 0 atom stereocenters. The van der Waals surface area contributed by atoms with Gasteiger partial charge in [0.25, 0.3) is 0 Å². The maximum Gasteiger partial charge on any atom is 0.118 e. The molecule has 3 nitrogen and oxygen atoms in total. The van der Waals surface area contributed by atoms with Crippen LogP contribution in [-0.4, -0.2) is 13.7 Å². The highest BCUT2D eigenvalue weighted by Gasteiger charge is 1.84. The molecule has 0 unspecified atom stereocenters. The van der Waals surface area contributed by atoms with Crippen LogP contribution in [0.4, 0.5) is 0 Å². The Kier molecular flexibility index (Phi) is 7.33. The van der Waals surface area contributed by atoms with Crippen molar-refractivity contribution in [3.05, 3.63) is 36.1 Å². The molecule has 0 saturated carbocycles. The summed E-state index contributed by atoms with van der Waals surface area (Å²) in [6.45, 7) is 2.33. The van der Waals surface area contributed by atoms with E-state index in [9.17, 15) is 0 Å². The zero-order valence-corrected chi connectivity index (χ0v) is 7.49. The van der Waals surface area contributed by atoms with E-state index in [-0.39, 0.29) is 0 Å². The van der Waals surface area contributed by atoms with Crippen LogP contribution in [0, 0.1) is 0 Å². The van der Waals surface area contributed by atoms with Gasteiger partial charge in [-0.05, 0) is 19.1 Å². The number of hydrogen-bond donors (Lipinski definition) is 1. The molecule has 0 aromatic rings. The molecule has 0 aliphatic carbocycles. The van der Waals surface area contributed by atoms with Crippen LogP contribution in [0.2, 0.25) is 0 Å². The molecule has 0 spiro atoms. The van der Waals surface area contributed by atoms with Crippen molar-refractivity contribution in [2.24, 2.45) is 5.90 Å². The molecule has 0 bridgehead atoms. The second-order valence-electron chi connectivity index (χ2n) is 2.03. The summed E-state index contributed by atoms with van der Waals surface area (Å²) >= 11 is 0. The van der Waals surface area contributed by atoms with Crippen LogP contribution in [0.5, 0.6) is 0 Å². The van der Waals surface area contributed by atoms with Crippen molar-refractivity contribution < 1.29 is 9.57 Å². The highest BCUT2D eigenvalue weighted by atomic mass is 16.6. The van der Waals surface area contributed by atoms with Crippen molar-refractivity contribution in [1.29, 1.82) is 0 Å². The Bertz CT molecular complexity index is 183. The third-order valence-corrected chi connectivity index (χ3v) is 1.16. The number of methoxy groups -OCH3 is 1. The zero-order chi connectivity index (χ0) is 9.23. The number of ether oxygens (including phenoxy) is 1. The van der Waals surface area contributed by atoms with Crippen LogP contribution >= 0.6 is 0 Å². The first-order valence-corrected chi connectivity index (χ1v) is 3.70. The fourth-order valence-electron chi connectivity index (χ4n) is 0.603. The van der Waals surface area contributed by atoms with Crippen LogP contribution in [0.25, 0.3) is 0 Å². The van der Waals surface area contributed by atoms with Gasteiger partial charge in [0, 0.05) is 0 Å². The molecule has 0 heterocycles. The summed E-state index contributed by atoms with van der Waals surface area (Å²) in [4.78, 5) is 4.35. The highest BCUT2D eigenvalue weighted by molar-refractivity contribution is 5.17. The second kappa shape index (κ2) is 8.04. The quantitative estimate of drug-likeness (QED) is 0.385. The lowest BCUT2D eigenvalue weighted by atomic mass is 10.3. The highest BCUT2D eigenvalue weighted by Crippen LogP contribution is 1.97. The summed E-state index contributed by atoms with van der Waals surface area (Å²) in [6.07, 6.45) is 9.25. The first-order chi connectivity index (χ1) is 5.85. The van der Waals surface area contributed by atoms with Crippen molar-refractivity contribution in [2.45, 2.75) is 6.92 Å². The van der Waals surface area contributed by atoms with Crippen LogP contribution in [0.3, 0.4) is 0 Å². The van der Waals surface area contributed by atoms with Gasteiger partial charge in [0.15, 0.2) is 0 Å². The Balaban J connectivity index is 3.98. The van der Waals surface area contributed by atoms with Crippen LogP contribution < -0.4 is 5.90 Å². The average Bonchev–Trinajstić information content (AvgIpc) is 2.11. The minimum Gasteiger partial charge on any atom is -0.497 e. The minimum atomic E-state index is 0.385. The first kappa shape index (κ1) is 10.9. The zero-order valence-electron chi connectivity index (χ0n) is 7.49. The van der Waals surface area contributed by atoms with Gasteiger partial charge in [0.1, 0.15) is 5.76 Å². The molecule has 0 amide bonds. The fraction of sp³-hybridized carbons (Fsp3) is 0.333. The van der Waals surface area contributed by atoms with Gasteiger partial charge in [0.2, 0.25) is 0 Å². The van der Waals surface area contributed by atoms with E-state index < -0.39 is 0 Å². The molecule has 0 aromatic heterocycles. The maximum absolute atomic E-state index is 5.03. The summed E-state index contributed by atoms with van der Waals surface area (Å²) in [5.41, 5.74) is 0. The van der Waals surface area contributed by atoms with E-state index in [2.05, 4.69) is 4.84 Å². The monoisotopic (exact) mass is 169 g/mol. The standard InChI is InChI=1S/C9H15NO2/c1-3-4-6-9(11-2)7-5-8-12-10/h3-7H,8,10H2,1-2H3/b4-3+,7-5-,9-6+. The van der Waals surface area contributed by atoms with Crippen LogP contribution in [0.15, 0.2) is 36.1 Å². The Hall–Kier alpha value is -1.06. The van der Waals surface area contributed by atoms with E-state index in [0.717, 1.165) is 5.76 Å². The molecule has 0 saturated heterocycles. The Morgan fingerprint density at radius 2 is 2.25 bits per heavy atom. The fourth-order valence-corrected chi connectivity index (χ4v) is 0.603. The van der Waals surface area contributed by atoms with Gasteiger partial charge in [0.05, 0.1) is 13.7 Å². The van der Waals surface area contributed by atoms with Crippen molar-refractivity contribution in [1.82, 2.24) is 0 Å². The number of rotatable bonds is 5. The van der Waals surface area contributed by atoms with E-state index >= 15 is 0 Å². The average molecular weight is 169 g/mol. The third kappa shape index (κ3) is 5.70. The summed E-state index contributed by atoms with van der Waals surface area (Å²) < 4.78 is 5.03. The molecular weight excluding hydrogens is 154 g/mol. The molecule has 2 N–H and O–H groups in total. The molecule has 0 aliphatic heterocycles. The van der Waals surface area contributed by atoms with Crippen molar-refractivity contribution in [3.8, 4) is 0 Å². The lowest BCUT2D eigenvalue weighted by Crippen LogP contribution is -1.97. The number of hydrogen-bond acceptors (Lipinski definition) is 3. The molecule has 0 rings (SSSR count). The van der Waals surface area contributed by atoms with E-state index in [0.29, 0.717) is 6.61 Å². The van der Waals surface area contributed by atoms with Gasteiger partial charge in [-0.15, -0.1) is 0 Å². The predicted octanol–water partition coefficient (Wildman–Crippen LogP) is 1.54. The first-order valence-electron chi connectivity index (χ1n) is 3.70. The van der Waals surface area contributed by atoms with Crippen molar-refractivity contribution in [2.75, 3.05) is 13.7 Å². The summed E-state index contributed by atoms with van der Waals surface area (Å²) in [6, 6.07) is 0. The molecule has 0 radical (unpaired) electrons. The number of allylic oxidation sites excluding steroid dienone is 4. The molecule has 0 aromatic carbocycles. The van der Waals surface area contributed by atoms with Gasteiger partial charge in [-0.25, -0.2) is 5.90 Å². The van der Waals surface area contributed by atoms with Gasteiger partial charge in [-0.3, -0.25) is 0 Å². The summed E-state index contributed by atoms with van der Waals surface area (Å²) in [7, 11) is 1.61. The van der Waals surface area contributed by atoms with E-state index in [1.165, 1.54) is 0 Å². The predicted molar refractivity (Wildman–Crippen MR) is 49.2 cm³/mol. The summed E-state index contributed by atoms with van der Waals surface area (Å²) in [5, 5.41) is 0. The Labute approximate surface area is 73.1 Å². The van der Waals surface area contributed by atoms with Gasteiger partial charge in [-0.2, -0.15) is 0 Å². The van der Waals surface area contributed by atoms with E-state index in [1.54, 1.807) is 19.3 Å². The molecular formula is C9H15NO2. The third-order valence-electron chi connectivity index (χ3n) is 1.16. The maximum atomic E-state index is 5.03. The molecule has 12 heavy (non-hydrogen) atoms. The van der Waals surface area contributed by atoms with Gasteiger partial charge < -0.3 is 9.57 Å². The van der Waals surface area contributed by atoms with Crippen LogP contribution in [-0.2, 0) is 9.57 Å². The molecule has 0 aliphatic rings. The SMILES string of the molecule is C/C=C/C=C(\C=C/CON)OC. The molecule has 68 valence electrons. The summed E-state index contributed by atoms with van der Waals surface area (Å²) in [5.74, 6) is 5.60. The van der Waals surface area contributed by atoms with E-state index in [4.69, 9.17) is 10.6 Å². The van der Waals surface area contributed by atoms with Gasteiger partial charge in [-0.1, -0.05) is 18.2 Å². The van der Waals surface area contributed by atoms with E-state index in [1.807, 2.05) is 25.2 Å². The largest absolute Gasteiger partial charge is 0.497 e. The Morgan fingerprint density at radius 3 is 2.75 bits per heavy atom. The normalized spacial score (nSPS) is 13.1. The van der Waals surface area contributed by atoms with Crippen LogP contribution in [0.1, 0.15) is 6.92 Å². The second-order valence-corrected chi connectivity index (χ2v) is 2.03. The lowest BCUT2D eigenvalue weighted by Gasteiger charge is -1.97. The molecule has 0 fully saturated rings.